The van der Waals surface area contributed by atoms with Gasteiger partial charge in [-0.25, -0.2) is 5.84 Å². The predicted octanol–water partition coefficient (Wildman–Crippen LogP) is 4.37. The van der Waals surface area contributed by atoms with Crippen molar-refractivity contribution in [2.24, 2.45) is 5.84 Å². The van der Waals surface area contributed by atoms with Gasteiger partial charge in [0, 0.05) is 0 Å². The van der Waals surface area contributed by atoms with E-state index >= 15 is 0 Å². The molecule has 3 rings (SSSR count). The Kier molecular flexibility index (Phi) is 3.48. The van der Waals surface area contributed by atoms with Crippen LogP contribution in [0.3, 0.4) is 0 Å². The average Bonchev–Trinajstić information content (AvgIpc) is 2.56. The van der Waals surface area contributed by atoms with E-state index in [0.29, 0.717) is 0 Å². The van der Waals surface area contributed by atoms with E-state index in [-0.39, 0.29) is 0 Å². The maximum atomic E-state index is 6.14. The Balaban J connectivity index is 1.87. The Morgan fingerprint density at radius 3 is 1.55 bits per heavy atom. The zero-order chi connectivity index (χ0) is 13.8. The van der Waals surface area contributed by atoms with Crippen LogP contribution < -0.4 is 10.9 Å². The number of nitrogens with two attached hydrogens (primary N) is 1. The van der Waals surface area contributed by atoms with Gasteiger partial charge in [0.1, 0.15) is 0 Å². The largest absolute Gasteiger partial charge is 0.280 e. The lowest BCUT2D eigenvalue weighted by Crippen LogP contribution is -2.24. The molecule has 0 fully saturated rings. The summed E-state index contributed by atoms with van der Waals surface area (Å²) in [6, 6.07) is 28.5. The summed E-state index contributed by atoms with van der Waals surface area (Å²) >= 11 is 0. The quantitative estimate of drug-likeness (QED) is 0.560. The Morgan fingerprint density at radius 2 is 0.950 bits per heavy atom. The normalized spacial score (nSPS) is 10.2. The van der Waals surface area contributed by atoms with Gasteiger partial charge >= 0.3 is 0 Å². The predicted molar refractivity (Wildman–Crippen MR) is 84.6 cm³/mol. The number of anilines is 2. The van der Waals surface area contributed by atoms with Crippen molar-refractivity contribution in [3.63, 3.8) is 0 Å². The van der Waals surface area contributed by atoms with Crippen LogP contribution in [0.15, 0.2) is 84.9 Å². The van der Waals surface area contributed by atoms with Crippen molar-refractivity contribution in [2.75, 3.05) is 5.01 Å². The first-order chi connectivity index (χ1) is 9.84. The molecule has 0 aliphatic heterocycles. The maximum Gasteiger partial charge on any atom is 0.0575 e. The second-order valence-corrected chi connectivity index (χ2v) is 4.62. The van der Waals surface area contributed by atoms with Crippen LogP contribution in [0.1, 0.15) is 0 Å². The van der Waals surface area contributed by atoms with Crippen molar-refractivity contribution >= 4 is 11.4 Å². The first-order valence-electron chi connectivity index (χ1n) is 6.60. The zero-order valence-electron chi connectivity index (χ0n) is 11.1. The van der Waals surface area contributed by atoms with Crippen molar-refractivity contribution < 1.29 is 0 Å². The Hall–Kier alpha value is -2.58. The molecule has 2 heteroatoms. The summed E-state index contributed by atoms with van der Waals surface area (Å²) in [5.74, 6) is 6.14. The molecule has 0 aromatic heterocycles. The summed E-state index contributed by atoms with van der Waals surface area (Å²) in [7, 11) is 0. The van der Waals surface area contributed by atoms with Gasteiger partial charge in [-0.05, 0) is 35.4 Å². The Labute approximate surface area is 119 Å². The topological polar surface area (TPSA) is 29.3 Å². The highest BCUT2D eigenvalue weighted by Gasteiger charge is 2.04. The highest BCUT2D eigenvalue weighted by atomic mass is 15.4. The van der Waals surface area contributed by atoms with Gasteiger partial charge in [0.05, 0.1) is 11.4 Å². The molecule has 0 radical (unpaired) electrons. The van der Waals surface area contributed by atoms with Crippen molar-refractivity contribution in [1.82, 2.24) is 0 Å². The fourth-order valence-corrected chi connectivity index (χ4v) is 2.18. The SMILES string of the molecule is NN(c1ccccc1)c1ccc(-c2ccccc2)cc1. The maximum absolute atomic E-state index is 6.14. The minimum absolute atomic E-state index is 0.968. The van der Waals surface area contributed by atoms with Crippen LogP contribution in [0.4, 0.5) is 11.4 Å². The van der Waals surface area contributed by atoms with Crippen LogP contribution >= 0.6 is 0 Å². The fourth-order valence-electron chi connectivity index (χ4n) is 2.18. The summed E-state index contributed by atoms with van der Waals surface area (Å²) in [5, 5.41) is 1.69. The van der Waals surface area contributed by atoms with Crippen molar-refractivity contribution in [3.8, 4) is 11.1 Å². The molecular formula is C18H16N2. The molecule has 3 aromatic carbocycles. The molecule has 2 nitrogen and oxygen atoms in total. The minimum atomic E-state index is 0.968. The van der Waals surface area contributed by atoms with Crippen LogP contribution in [-0.4, -0.2) is 0 Å². The van der Waals surface area contributed by atoms with Crippen molar-refractivity contribution in [1.29, 1.82) is 0 Å². The third-order valence-electron chi connectivity index (χ3n) is 3.29. The van der Waals surface area contributed by atoms with E-state index in [1.807, 2.05) is 60.7 Å². The number of hydrogen-bond donors (Lipinski definition) is 1. The molecule has 20 heavy (non-hydrogen) atoms. The molecule has 0 aliphatic rings. The monoisotopic (exact) mass is 260 g/mol. The summed E-state index contributed by atoms with van der Waals surface area (Å²) in [5.41, 5.74) is 4.34. The molecule has 0 saturated carbocycles. The van der Waals surface area contributed by atoms with Crippen LogP contribution in [0.5, 0.6) is 0 Å². The first-order valence-corrected chi connectivity index (χ1v) is 6.60. The third kappa shape index (κ3) is 2.56. The number of nitrogens with zero attached hydrogens (tertiary/aromatic N) is 1. The standard InChI is InChI=1S/C18H16N2/c19-20(17-9-5-2-6-10-17)18-13-11-16(12-14-18)15-7-3-1-4-8-15/h1-14H,19H2. The molecule has 2 N–H and O–H groups in total. The number of rotatable bonds is 3. The van der Waals surface area contributed by atoms with Crippen LogP contribution in [-0.2, 0) is 0 Å². The zero-order valence-corrected chi connectivity index (χ0v) is 11.1. The Bertz CT molecular complexity index is 661. The molecule has 0 unspecified atom stereocenters. The number of benzene rings is 3. The van der Waals surface area contributed by atoms with Gasteiger partial charge in [-0.15, -0.1) is 0 Å². The summed E-state index contributed by atoms with van der Waals surface area (Å²) in [6.07, 6.45) is 0. The number of hydrogen-bond acceptors (Lipinski definition) is 2. The van der Waals surface area contributed by atoms with Crippen LogP contribution in [0, 0.1) is 0 Å². The van der Waals surface area contributed by atoms with E-state index in [0.717, 1.165) is 11.4 Å². The molecule has 0 atom stereocenters. The van der Waals surface area contributed by atoms with Gasteiger partial charge < -0.3 is 0 Å². The summed E-state index contributed by atoms with van der Waals surface area (Å²) < 4.78 is 0. The van der Waals surface area contributed by atoms with E-state index < -0.39 is 0 Å². The molecular weight excluding hydrogens is 244 g/mol. The molecule has 3 aromatic rings. The third-order valence-corrected chi connectivity index (χ3v) is 3.29. The van der Waals surface area contributed by atoms with Crippen LogP contribution in [0.2, 0.25) is 0 Å². The smallest absolute Gasteiger partial charge is 0.0575 e. The van der Waals surface area contributed by atoms with Gasteiger partial charge in [-0.3, -0.25) is 5.01 Å². The molecule has 0 saturated heterocycles. The van der Waals surface area contributed by atoms with Crippen molar-refractivity contribution in [3.05, 3.63) is 84.9 Å². The molecule has 0 heterocycles. The number of para-hydroxylation sites is 1. The van der Waals surface area contributed by atoms with Gasteiger partial charge in [0.15, 0.2) is 0 Å². The lowest BCUT2D eigenvalue weighted by Gasteiger charge is -2.19. The second kappa shape index (κ2) is 5.59. The lowest BCUT2D eigenvalue weighted by atomic mass is 10.1. The van der Waals surface area contributed by atoms with Crippen LogP contribution in [0.25, 0.3) is 11.1 Å². The number of hydrazine groups is 1. The summed E-state index contributed by atoms with van der Waals surface area (Å²) in [4.78, 5) is 0. The molecule has 98 valence electrons. The van der Waals surface area contributed by atoms with Gasteiger partial charge in [0.2, 0.25) is 0 Å². The fraction of sp³-hybridized carbons (Fsp3) is 0. The Morgan fingerprint density at radius 1 is 0.500 bits per heavy atom. The van der Waals surface area contributed by atoms with E-state index in [4.69, 9.17) is 5.84 Å². The highest BCUT2D eigenvalue weighted by Crippen LogP contribution is 2.25. The van der Waals surface area contributed by atoms with Gasteiger partial charge in [-0.1, -0.05) is 60.7 Å². The van der Waals surface area contributed by atoms with E-state index in [2.05, 4.69) is 24.3 Å². The average molecular weight is 260 g/mol. The van der Waals surface area contributed by atoms with Gasteiger partial charge in [0.25, 0.3) is 0 Å². The highest BCUT2D eigenvalue weighted by molar-refractivity contribution is 5.68. The van der Waals surface area contributed by atoms with E-state index in [1.54, 1.807) is 5.01 Å². The molecule has 0 amide bonds. The molecule has 0 spiro atoms. The summed E-state index contributed by atoms with van der Waals surface area (Å²) in [6.45, 7) is 0. The molecule has 0 aliphatic carbocycles. The van der Waals surface area contributed by atoms with E-state index in [9.17, 15) is 0 Å². The van der Waals surface area contributed by atoms with Crippen molar-refractivity contribution in [2.45, 2.75) is 0 Å². The molecule has 0 bridgehead atoms. The first kappa shape index (κ1) is 12.5. The van der Waals surface area contributed by atoms with E-state index in [1.165, 1.54) is 11.1 Å². The van der Waals surface area contributed by atoms with Gasteiger partial charge in [-0.2, -0.15) is 0 Å². The lowest BCUT2D eigenvalue weighted by molar-refractivity contribution is 1.09. The minimum Gasteiger partial charge on any atom is -0.280 e. The second-order valence-electron chi connectivity index (χ2n) is 4.62.